The van der Waals surface area contributed by atoms with Crippen molar-refractivity contribution in [3.8, 4) is 0 Å². The topological polar surface area (TPSA) is 55.4 Å². The normalized spacial score (nSPS) is 29.4. The summed E-state index contributed by atoms with van der Waals surface area (Å²) in [5.74, 6) is 0.260. The molecule has 4 heteroatoms. The average Bonchev–Trinajstić information content (AvgIpc) is 2.70. The fourth-order valence-electron chi connectivity index (χ4n) is 4.93. The van der Waals surface area contributed by atoms with Crippen LogP contribution < -0.4 is 5.32 Å². The van der Waals surface area contributed by atoms with Crippen molar-refractivity contribution in [2.24, 2.45) is 17.3 Å². The molecular formula is C23H41NO3. The van der Waals surface area contributed by atoms with Crippen LogP contribution in [-0.2, 0) is 14.3 Å². The Morgan fingerprint density at radius 2 is 1.81 bits per heavy atom. The first kappa shape index (κ1) is 22.4. The summed E-state index contributed by atoms with van der Waals surface area (Å²) in [6.45, 7) is 6.11. The lowest BCUT2D eigenvalue weighted by Crippen LogP contribution is -2.53. The van der Waals surface area contributed by atoms with Gasteiger partial charge in [0.2, 0.25) is 0 Å². The van der Waals surface area contributed by atoms with Crippen molar-refractivity contribution in [3.05, 3.63) is 0 Å². The molecule has 156 valence electrons. The summed E-state index contributed by atoms with van der Waals surface area (Å²) in [5, 5.41) is 3.42. The van der Waals surface area contributed by atoms with Gasteiger partial charge in [-0.1, -0.05) is 52.4 Å². The molecule has 2 unspecified atom stereocenters. The second kappa shape index (κ2) is 11.8. The van der Waals surface area contributed by atoms with E-state index in [-0.39, 0.29) is 29.3 Å². The number of nitrogens with one attached hydrogen (secondary N) is 1. The Morgan fingerprint density at radius 1 is 1.11 bits per heavy atom. The minimum absolute atomic E-state index is 0.0108. The summed E-state index contributed by atoms with van der Waals surface area (Å²) >= 11 is 0. The summed E-state index contributed by atoms with van der Waals surface area (Å²) < 4.78 is 6.11. The molecule has 0 aromatic carbocycles. The molecule has 0 aromatic rings. The summed E-state index contributed by atoms with van der Waals surface area (Å²) in [4.78, 5) is 24.0. The van der Waals surface area contributed by atoms with Gasteiger partial charge in [0.25, 0.3) is 0 Å². The second-order valence-corrected chi connectivity index (χ2v) is 8.88. The molecule has 2 atom stereocenters. The molecule has 1 saturated heterocycles. The van der Waals surface area contributed by atoms with Crippen LogP contribution in [0.2, 0.25) is 0 Å². The first-order valence-electron chi connectivity index (χ1n) is 11.5. The van der Waals surface area contributed by atoms with E-state index in [4.69, 9.17) is 4.74 Å². The lowest BCUT2D eigenvalue weighted by molar-refractivity contribution is -0.166. The fourth-order valence-corrected chi connectivity index (χ4v) is 4.93. The third-order valence-electron chi connectivity index (χ3n) is 7.02. The molecule has 0 amide bonds. The Morgan fingerprint density at radius 3 is 2.48 bits per heavy atom. The summed E-state index contributed by atoms with van der Waals surface area (Å²) in [7, 11) is 0. The van der Waals surface area contributed by atoms with Gasteiger partial charge in [0.1, 0.15) is 12.4 Å². The molecule has 2 rings (SSSR count). The number of aldehydes is 1. The highest BCUT2D eigenvalue weighted by molar-refractivity contribution is 5.72. The van der Waals surface area contributed by atoms with Gasteiger partial charge < -0.3 is 14.8 Å². The number of rotatable bonds is 11. The van der Waals surface area contributed by atoms with E-state index in [1.165, 1.54) is 32.1 Å². The van der Waals surface area contributed by atoms with Crippen LogP contribution in [0.5, 0.6) is 0 Å². The lowest BCUT2D eigenvalue weighted by Gasteiger charge is -2.47. The van der Waals surface area contributed by atoms with E-state index in [2.05, 4.69) is 19.2 Å². The second-order valence-electron chi connectivity index (χ2n) is 8.88. The first-order chi connectivity index (χ1) is 13.1. The molecule has 1 aliphatic heterocycles. The van der Waals surface area contributed by atoms with E-state index in [0.717, 1.165) is 70.7 Å². The first-order valence-corrected chi connectivity index (χ1v) is 11.5. The van der Waals surface area contributed by atoms with Gasteiger partial charge in [-0.2, -0.15) is 0 Å². The molecule has 27 heavy (non-hydrogen) atoms. The number of piperidine rings is 1. The zero-order valence-corrected chi connectivity index (χ0v) is 17.6. The Kier molecular flexibility index (Phi) is 9.81. The molecule has 4 nitrogen and oxygen atoms in total. The average molecular weight is 380 g/mol. The van der Waals surface area contributed by atoms with Crippen LogP contribution in [0.3, 0.4) is 0 Å². The molecule has 2 fully saturated rings. The van der Waals surface area contributed by atoms with Gasteiger partial charge in [-0.15, -0.1) is 0 Å². The van der Waals surface area contributed by atoms with Crippen LogP contribution in [0.4, 0.5) is 0 Å². The monoisotopic (exact) mass is 379 g/mol. The molecule has 1 heterocycles. The lowest BCUT2D eigenvalue weighted by atomic mass is 9.64. The smallest absolute Gasteiger partial charge is 0.309 e. The molecule has 0 bridgehead atoms. The maximum Gasteiger partial charge on any atom is 0.309 e. The van der Waals surface area contributed by atoms with E-state index in [9.17, 15) is 9.59 Å². The Labute approximate surface area is 166 Å². The summed E-state index contributed by atoms with van der Waals surface area (Å²) in [5.41, 5.74) is 0.0961. The molecular weight excluding hydrogens is 338 g/mol. The van der Waals surface area contributed by atoms with Crippen LogP contribution in [0, 0.1) is 17.3 Å². The van der Waals surface area contributed by atoms with Crippen molar-refractivity contribution < 1.29 is 14.3 Å². The number of hydrogen-bond donors (Lipinski definition) is 1. The SMILES string of the molecule is CCCCCCCCC(CC)C(=O)OC1CNCCC12CCC(C=O)CC2. The van der Waals surface area contributed by atoms with Crippen molar-refractivity contribution in [1.29, 1.82) is 0 Å². The minimum atomic E-state index is -0.0232. The number of esters is 1. The van der Waals surface area contributed by atoms with Crippen molar-refractivity contribution in [3.63, 3.8) is 0 Å². The summed E-state index contributed by atoms with van der Waals surface area (Å²) in [6.07, 6.45) is 15.5. The maximum atomic E-state index is 12.8. The third-order valence-corrected chi connectivity index (χ3v) is 7.02. The molecule has 1 saturated carbocycles. The minimum Gasteiger partial charge on any atom is -0.460 e. The fraction of sp³-hybridized carbons (Fsp3) is 0.913. The van der Waals surface area contributed by atoms with Gasteiger partial charge in [0, 0.05) is 17.9 Å². The van der Waals surface area contributed by atoms with E-state index in [0.29, 0.717) is 0 Å². The van der Waals surface area contributed by atoms with Gasteiger partial charge >= 0.3 is 5.97 Å². The molecule has 1 N–H and O–H groups in total. The largest absolute Gasteiger partial charge is 0.460 e. The van der Waals surface area contributed by atoms with Crippen LogP contribution in [0.15, 0.2) is 0 Å². The Hall–Kier alpha value is -0.900. The Balaban J connectivity index is 1.82. The zero-order chi connectivity index (χ0) is 19.5. The van der Waals surface area contributed by atoms with Crippen LogP contribution in [0.25, 0.3) is 0 Å². The molecule has 1 aliphatic carbocycles. The van der Waals surface area contributed by atoms with Crippen LogP contribution >= 0.6 is 0 Å². The van der Waals surface area contributed by atoms with Gasteiger partial charge in [-0.3, -0.25) is 4.79 Å². The third kappa shape index (κ3) is 6.58. The van der Waals surface area contributed by atoms with E-state index in [1.807, 2.05) is 0 Å². The molecule has 0 radical (unpaired) electrons. The van der Waals surface area contributed by atoms with Crippen LogP contribution in [0.1, 0.15) is 97.3 Å². The molecule has 1 spiro atoms. The van der Waals surface area contributed by atoms with Crippen molar-refractivity contribution in [1.82, 2.24) is 5.32 Å². The zero-order valence-electron chi connectivity index (χ0n) is 17.6. The van der Waals surface area contributed by atoms with E-state index in [1.54, 1.807) is 0 Å². The highest BCUT2D eigenvalue weighted by Gasteiger charge is 2.45. The number of ether oxygens (including phenoxy) is 1. The number of unbranched alkanes of at least 4 members (excludes halogenated alkanes) is 5. The predicted molar refractivity (Wildman–Crippen MR) is 110 cm³/mol. The highest BCUT2D eigenvalue weighted by atomic mass is 16.5. The van der Waals surface area contributed by atoms with Crippen LogP contribution in [-0.4, -0.2) is 31.4 Å². The quantitative estimate of drug-likeness (QED) is 0.310. The van der Waals surface area contributed by atoms with Gasteiger partial charge in [-0.05, 0) is 51.5 Å². The standard InChI is InChI=1S/C23H41NO3/c1-3-5-6-7-8-9-10-20(4-2)22(26)27-21-17-24-16-15-23(21)13-11-19(18-25)12-14-23/h18-21,24H,3-17H2,1-2H3. The molecule has 2 aliphatic rings. The maximum absolute atomic E-state index is 12.8. The highest BCUT2D eigenvalue weighted by Crippen LogP contribution is 2.46. The molecule has 0 aromatic heterocycles. The van der Waals surface area contributed by atoms with E-state index < -0.39 is 0 Å². The van der Waals surface area contributed by atoms with Crippen molar-refractivity contribution in [2.45, 2.75) is 103 Å². The number of hydrogen-bond acceptors (Lipinski definition) is 4. The number of carbonyl (C=O) groups excluding carboxylic acids is 2. The van der Waals surface area contributed by atoms with Crippen molar-refractivity contribution >= 4 is 12.3 Å². The predicted octanol–water partition coefficient (Wildman–Crippen LogP) is 5.04. The number of carbonyl (C=O) groups is 2. The Bertz CT molecular complexity index is 443. The van der Waals surface area contributed by atoms with Gasteiger partial charge in [-0.25, -0.2) is 0 Å². The van der Waals surface area contributed by atoms with E-state index >= 15 is 0 Å². The van der Waals surface area contributed by atoms with Gasteiger partial charge in [0.05, 0.1) is 5.92 Å². The van der Waals surface area contributed by atoms with Crippen molar-refractivity contribution in [2.75, 3.05) is 13.1 Å². The summed E-state index contributed by atoms with van der Waals surface area (Å²) in [6, 6.07) is 0. The van der Waals surface area contributed by atoms with Gasteiger partial charge in [0.15, 0.2) is 0 Å².